The van der Waals surface area contributed by atoms with Gasteiger partial charge in [-0.2, -0.15) is 30.7 Å². The first-order chi connectivity index (χ1) is 7.33. The summed E-state index contributed by atoms with van der Waals surface area (Å²) in [6.45, 7) is 1.57. The second-order valence-corrected chi connectivity index (χ2v) is 3.13. The molecule has 0 unspecified atom stereocenters. The van der Waals surface area contributed by atoms with Crippen LogP contribution in [-0.2, 0) is 9.53 Å². The van der Waals surface area contributed by atoms with Crippen molar-refractivity contribution < 1.29 is 40.3 Å². The van der Waals surface area contributed by atoms with Gasteiger partial charge < -0.3 is 4.74 Å². The van der Waals surface area contributed by atoms with Gasteiger partial charge in [-0.3, -0.25) is 0 Å². The lowest BCUT2D eigenvalue weighted by Crippen LogP contribution is -2.54. The van der Waals surface area contributed by atoms with Crippen LogP contribution in [0.4, 0.5) is 30.7 Å². The van der Waals surface area contributed by atoms with E-state index in [0.29, 0.717) is 0 Å². The molecule has 0 heterocycles. The molecule has 0 radical (unpaired) electrons. The smallest absolute Gasteiger partial charge is 0.456 e. The van der Waals surface area contributed by atoms with Crippen LogP contribution >= 0.6 is 0 Å². The maximum absolute atomic E-state index is 12.5. The quantitative estimate of drug-likeness (QED) is 0.445. The van der Waals surface area contributed by atoms with Crippen LogP contribution in [0.1, 0.15) is 6.92 Å². The van der Waals surface area contributed by atoms with Crippen molar-refractivity contribution in [3.63, 3.8) is 0 Å². The van der Waals surface area contributed by atoms with Gasteiger partial charge in [0.05, 0.1) is 0 Å². The molecule has 0 aliphatic heterocycles. The number of ether oxygens (including phenoxy) is 1. The summed E-state index contributed by atoms with van der Waals surface area (Å²) in [6, 6.07) is 0. The predicted molar refractivity (Wildman–Crippen MR) is 41.7 cm³/mol. The van der Waals surface area contributed by atoms with E-state index < -0.39 is 36.2 Å². The van der Waals surface area contributed by atoms with Gasteiger partial charge >= 0.3 is 24.0 Å². The minimum Gasteiger partial charge on any atom is -0.456 e. The third-order valence-electron chi connectivity index (χ3n) is 1.55. The molecule has 100 valence electrons. The molecule has 0 aliphatic rings. The topological polar surface area (TPSA) is 26.3 Å². The lowest BCUT2D eigenvalue weighted by atomic mass is 10.2. The Morgan fingerprint density at radius 2 is 1.53 bits per heavy atom. The molecule has 0 N–H and O–H groups in total. The van der Waals surface area contributed by atoms with Crippen molar-refractivity contribution in [3.05, 3.63) is 12.2 Å². The van der Waals surface area contributed by atoms with E-state index in [9.17, 15) is 35.5 Å². The Kier molecular flexibility index (Phi) is 4.19. The Hall–Kier alpha value is -1.28. The molecular formula is C8H7F7O2. The summed E-state index contributed by atoms with van der Waals surface area (Å²) in [4.78, 5) is 10.6. The van der Waals surface area contributed by atoms with E-state index >= 15 is 0 Å². The number of rotatable bonds is 4. The highest BCUT2D eigenvalue weighted by Gasteiger charge is 2.73. The monoisotopic (exact) mass is 268 g/mol. The van der Waals surface area contributed by atoms with Crippen molar-refractivity contribution in [2.24, 2.45) is 0 Å². The Balaban J connectivity index is 4.80. The van der Waals surface area contributed by atoms with Gasteiger partial charge in [-0.05, 0) is 6.92 Å². The largest absolute Gasteiger partial charge is 0.460 e. The van der Waals surface area contributed by atoms with Crippen LogP contribution in [0.3, 0.4) is 0 Å². The molecule has 0 aromatic carbocycles. The molecule has 0 fully saturated rings. The molecule has 0 saturated heterocycles. The van der Waals surface area contributed by atoms with Gasteiger partial charge in [0.25, 0.3) is 0 Å². The van der Waals surface area contributed by atoms with Crippen molar-refractivity contribution in [1.82, 2.24) is 0 Å². The van der Waals surface area contributed by atoms with Gasteiger partial charge in [0.1, 0.15) is 0 Å². The molecule has 0 aromatic rings. The zero-order valence-electron chi connectivity index (χ0n) is 8.38. The molecule has 2 nitrogen and oxygen atoms in total. The van der Waals surface area contributed by atoms with E-state index in [1.54, 1.807) is 0 Å². The fourth-order valence-corrected chi connectivity index (χ4v) is 0.577. The first-order valence-electron chi connectivity index (χ1n) is 3.98. The van der Waals surface area contributed by atoms with Crippen LogP contribution in [0.5, 0.6) is 0 Å². The second-order valence-electron chi connectivity index (χ2n) is 3.13. The summed E-state index contributed by atoms with van der Waals surface area (Å²) in [7, 11) is 0. The zero-order chi connectivity index (χ0) is 14.1. The molecule has 0 rings (SSSR count). The van der Waals surface area contributed by atoms with Crippen molar-refractivity contribution in [3.8, 4) is 0 Å². The maximum atomic E-state index is 12.5. The highest BCUT2D eigenvalue weighted by atomic mass is 19.4. The van der Waals surface area contributed by atoms with Crippen LogP contribution in [0.2, 0.25) is 0 Å². The fourth-order valence-electron chi connectivity index (χ4n) is 0.577. The standard InChI is InChI=1S/C8H7F7O2/c1-4(2)5(16)17-3-6(9,10)7(11,12)8(13,14)15/h1,3H2,2H3. The Morgan fingerprint density at radius 3 is 1.82 bits per heavy atom. The van der Waals surface area contributed by atoms with Crippen LogP contribution in [0.15, 0.2) is 12.2 Å². The molecule has 17 heavy (non-hydrogen) atoms. The Morgan fingerprint density at radius 1 is 1.12 bits per heavy atom. The molecule has 0 aromatic heterocycles. The van der Waals surface area contributed by atoms with Gasteiger partial charge in [-0.15, -0.1) is 0 Å². The number of carbonyl (C=O) groups excluding carboxylic acids is 1. The van der Waals surface area contributed by atoms with E-state index in [2.05, 4.69) is 11.3 Å². The van der Waals surface area contributed by atoms with E-state index in [1.807, 2.05) is 0 Å². The third-order valence-corrected chi connectivity index (χ3v) is 1.55. The van der Waals surface area contributed by atoms with Crippen molar-refractivity contribution in [2.75, 3.05) is 6.61 Å². The predicted octanol–water partition coefficient (Wildman–Crippen LogP) is 2.94. The Labute approximate surface area is 91.0 Å². The van der Waals surface area contributed by atoms with Gasteiger partial charge in [-0.1, -0.05) is 6.58 Å². The molecule has 0 aliphatic carbocycles. The number of carbonyl (C=O) groups is 1. The second kappa shape index (κ2) is 4.53. The minimum absolute atomic E-state index is 0.406. The van der Waals surface area contributed by atoms with E-state index in [4.69, 9.17) is 0 Å². The SMILES string of the molecule is C=C(C)C(=O)OCC(F)(F)C(F)(F)C(F)(F)F. The van der Waals surface area contributed by atoms with E-state index in [0.717, 1.165) is 6.92 Å². The van der Waals surface area contributed by atoms with Crippen molar-refractivity contribution in [1.29, 1.82) is 0 Å². The summed E-state index contributed by atoms with van der Waals surface area (Å²) >= 11 is 0. The molecule has 0 spiro atoms. The number of hydrogen-bond acceptors (Lipinski definition) is 2. The number of hydrogen-bond donors (Lipinski definition) is 0. The first kappa shape index (κ1) is 15.7. The number of halogens is 7. The molecule has 0 saturated carbocycles. The normalized spacial score (nSPS) is 13.4. The minimum atomic E-state index is -6.44. The first-order valence-corrected chi connectivity index (χ1v) is 3.98. The van der Waals surface area contributed by atoms with Crippen molar-refractivity contribution in [2.45, 2.75) is 24.9 Å². The third kappa shape index (κ3) is 3.34. The van der Waals surface area contributed by atoms with Crippen LogP contribution < -0.4 is 0 Å². The zero-order valence-corrected chi connectivity index (χ0v) is 8.38. The Bertz CT molecular complexity index is 318. The lowest BCUT2D eigenvalue weighted by Gasteiger charge is -2.27. The number of esters is 1. The molecule has 0 atom stereocenters. The average Bonchev–Trinajstić information content (AvgIpc) is 2.11. The molecular weight excluding hydrogens is 261 g/mol. The summed E-state index contributed by atoms with van der Waals surface area (Å²) in [5.41, 5.74) is -0.406. The highest BCUT2D eigenvalue weighted by Crippen LogP contribution is 2.46. The van der Waals surface area contributed by atoms with E-state index in [-0.39, 0.29) is 0 Å². The van der Waals surface area contributed by atoms with Gasteiger partial charge in [0.15, 0.2) is 6.61 Å². The fraction of sp³-hybridized carbons (Fsp3) is 0.625. The van der Waals surface area contributed by atoms with Gasteiger partial charge in [0.2, 0.25) is 0 Å². The van der Waals surface area contributed by atoms with Gasteiger partial charge in [-0.25, -0.2) is 4.79 Å². The maximum Gasteiger partial charge on any atom is 0.460 e. The summed E-state index contributed by atoms with van der Waals surface area (Å²) in [5, 5.41) is 0. The van der Waals surface area contributed by atoms with Crippen LogP contribution in [0.25, 0.3) is 0 Å². The highest BCUT2D eigenvalue weighted by molar-refractivity contribution is 5.86. The summed E-state index contributed by atoms with van der Waals surface area (Å²) in [5.74, 6) is -13.3. The molecule has 9 heteroatoms. The van der Waals surface area contributed by atoms with Gasteiger partial charge in [0, 0.05) is 5.57 Å². The molecule has 0 bridgehead atoms. The van der Waals surface area contributed by atoms with E-state index in [1.165, 1.54) is 0 Å². The van der Waals surface area contributed by atoms with Crippen LogP contribution in [0, 0.1) is 0 Å². The molecule has 0 amide bonds. The lowest BCUT2D eigenvalue weighted by molar-refractivity contribution is -0.359. The van der Waals surface area contributed by atoms with Crippen molar-refractivity contribution >= 4 is 5.97 Å². The summed E-state index contributed by atoms with van der Waals surface area (Å²) in [6.07, 6.45) is -6.44. The van der Waals surface area contributed by atoms with Crippen LogP contribution in [-0.4, -0.2) is 30.6 Å². The summed E-state index contributed by atoms with van der Waals surface area (Å²) < 4.78 is 88.1. The number of alkyl halides is 7. The average molecular weight is 268 g/mol.